The summed E-state index contributed by atoms with van der Waals surface area (Å²) in [4.78, 5) is 0. The smallest absolute Gasteiger partial charge is 0.0683 e. The first kappa shape index (κ1) is 18.3. The van der Waals surface area contributed by atoms with Crippen molar-refractivity contribution in [1.82, 2.24) is 0 Å². The van der Waals surface area contributed by atoms with E-state index in [0.717, 1.165) is 0 Å². The van der Waals surface area contributed by atoms with Crippen LogP contribution in [0.25, 0.3) is 11.1 Å². The molecule has 138 valence electrons. The lowest BCUT2D eigenvalue weighted by molar-refractivity contribution is 0.768. The normalized spacial score (nSPS) is 13.1. The Morgan fingerprint density at radius 3 is 1.43 bits per heavy atom. The van der Waals surface area contributed by atoms with E-state index in [0.29, 0.717) is 0 Å². The summed E-state index contributed by atoms with van der Waals surface area (Å²) >= 11 is 0. The monoisotopic (exact) mass is 362 g/mol. The molecule has 0 heterocycles. The van der Waals surface area contributed by atoms with Gasteiger partial charge in [0.1, 0.15) is 0 Å². The van der Waals surface area contributed by atoms with Gasteiger partial charge < -0.3 is 0 Å². The second kappa shape index (κ2) is 7.48. The lowest BCUT2D eigenvalue weighted by atomic mass is 9.67. The van der Waals surface area contributed by atoms with Crippen molar-refractivity contribution >= 4 is 0 Å². The minimum absolute atomic E-state index is 0.262. The average Bonchev–Trinajstić information content (AvgIpc) is 3.08. The number of hydrogen-bond donors (Lipinski definition) is 0. The molecular formula is C28H26. The number of fused-ring (bicyclic) bond motifs is 3. The van der Waals surface area contributed by atoms with E-state index in [1.807, 2.05) is 13.8 Å². The summed E-state index contributed by atoms with van der Waals surface area (Å²) in [6.45, 7) is 6.15. The first-order valence-electron chi connectivity index (χ1n) is 10.1. The predicted octanol–water partition coefficient (Wildman–Crippen LogP) is 7.38. The Kier molecular flexibility index (Phi) is 4.88. The second-order valence-electron chi connectivity index (χ2n) is 7.07. The molecule has 1 aliphatic rings. The van der Waals surface area contributed by atoms with Crippen LogP contribution in [0.2, 0.25) is 0 Å². The molecule has 0 amide bonds. The highest BCUT2D eigenvalue weighted by atomic mass is 14.5. The number of benzene rings is 4. The lowest BCUT2D eigenvalue weighted by Crippen LogP contribution is -2.28. The van der Waals surface area contributed by atoms with Crippen molar-refractivity contribution in [2.75, 3.05) is 0 Å². The molecule has 1 aliphatic carbocycles. The Balaban J connectivity index is 0.000000932. The maximum atomic E-state index is 2.29. The van der Waals surface area contributed by atoms with Crippen LogP contribution in [0.15, 0.2) is 103 Å². The third-order valence-corrected chi connectivity index (χ3v) is 5.64. The van der Waals surface area contributed by atoms with Crippen molar-refractivity contribution in [3.05, 3.63) is 131 Å². The van der Waals surface area contributed by atoms with Gasteiger partial charge in [-0.25, -0.2) is 0 Å². The van der Waals surface area contributed by atoms with Gasteiger partial charge in [-0.15, -0.1) is 0 Å². The Bertz CT molecular complexity index is 1030. The topological polar surface area (TPSA) is 0 Å². The zero-order valence-electron chi connectivity index (χ0n) is 16.8. The van der Waals surface area contributed by atoms with E-state index >= 15 is 0 Å². The largest absolute Gasteiger partial charge is 0.0713 e. The van der Waals surface area contributed by atoms with Crippen LogP contribution in [-0.4, -0.2) is 0 Å². The molecule has 0 nitrogen and oxygen atoms in total. The molecule has 28 heavy (non-hydrogen) atoms. The van der Waals surface area contributed by atoms with Crippen molar-refractivity contribution in [2.24, 2.45) is 0 Å². The fourth-order valence-electron chi connectivity index (χ4n) is 4.52. The van der Waals surface area contributed by atoms with Gasteiger partial charge in [0.15, 0.2) is 0 Å². The van der Waals surface area contributed by atoms with Crippen molar-refractivity contribution in [1.29, 1.82) is 0 Å². The van der Waals surface area contributed by atoms with E-state index in [2.05, 4.69) is 110 Å². The van der Waals surface area contributed by atoms with Crippen LogP contribution in [0, 0.1) is 6.92 Å². The highest BCUT2D eigenvalue weighted by molar-refractivity contribution is 5.86. The standard InChI is InChI=1S/C26H20.C2H6/c1-19-15-17-21(18-16-19)26(20-9-3-2-4-10-20)24-13-7-5-11-22(24)23-12-6-8-14-25(23)26;1-2/h2-18H,1H3;1-2H3. The minimum atomic E-state index is -0.262. The first-order chi connectivity index (χ1) is 13.8. The quantitative estimate of drug-likeness (QED) is 0.307. The lowest BCUT2D eigenvalue weighted by Gasteiger charge is -2.33. The molecule has 0 unspecified atom stereocenters. The van der Waals surface area contributed by atoms with E-state index < -0.39 is 0 Å². The fraction of sp³-hybridized carbons (Fsp3) is 0.143. The van der Waals surface area contributed by atoms with Gasteiger partial charge in [-0.2, -0.15) is 0 Å². The van der Waals surface area contributed by atoms with Gasteiger partial charge in [-0.05, 0) is 40.3 Å². The third kappa shape index (κ3) is 2.60. The van der Waals surface area contributed by atoms with Gasteiger partial charge in [-0.1, -0.05) is 123 Å². The van der Waals surface area contributed by atoms with Crippen LogP contribution >= 0.6 is 0 Å². The highest BCUT2D eigenvalue weighted by Crippen LogP contribution is 2.55. The summed E-state index contributed by atoms with van der Waals surface area (Å²) in [5.74, 6) is 0. The van der Waals surface area contributed by atoms with Gasteiger partial charge >= 0.3 is 0 Å². The van der Waals surface area contributed by atoms with Gasteiger partial charge in [-0.3, -0.25) is 0 Å². The Morgan fingerprint density at radius 1 is 0.464 bits per heavy atom. The fourth-order valence-corrected chi connectivity index (χ4v) is 4.52. The number of hydrogen-bond acceptors (Lipinski definition) is 0. The molecule has 0 radical (unpaired) electrons. The molecule has 0 heteroatoms. The van der Waals surface area contributed by atoms with Crippen LogP contribution in [0.4, 0.5) is 0 Å². The average molecular weight is 363 g/mol. The van der Waals surface area contributed by atoms with E-state index in [1.165, 1.54) is 38.9 Å². The predicted molar refractivity (Wildman–Crippen MR) is 120 cm³/mol. The van der Waals surface area contributed by atoms with Crippen LogP contribution in [-0.2, 0) is 5.41 Å². The second-order valence-corrected chi connectivity index (χ2v) is 7.07. The van der Waals surface area contributed by atoms with E-state index in [-0.39, 0.29) is 5.41 Å². The maximum absolute atomic E-state index is 2.29. The minimum Gasteiger partial charge on any atom is -0.0683 e. The number of rotatable bonds is 2. The molecule has 0 aliphatic heterocycles. The van der Waals surface area contributed by atoms with Gasteiger partial charge in [0.05, 0.1) is 5.41 Å². The Morgan fingerprint density at radius 2 is 0.893 bits per heavy atom. The molecule has 0 atom stereocenters. The zero-order chi connectivity index (χ0) is 19.6. The molecule has 0 saturated heterocycles. The van der Waals surface area contributed by atoms with Gasteiger partial charge in [0.2, 0.25) is 0 Å². The highest BCUT2D eigenvalue weighted by Gasteiger charge is 2.45. The van der Waals surface area contributed by atoms with E-state index in [9.17, 15) is 0 Å². The molecule has 0 spiro atoms. The molecule has 0 saturated carbocycles. The van der Waals surface area contributed by atoms with Crippen LogP contribution in [0.3, 0.4) is 0 Å². The molecule has 4 aromatic carbocycles. The van der Waals surface area contributed by atoms with Crippen molar-refractivity contribution in [2.45, 2.75) is 26.2 Å². The summed E-state index contributed by atoms with van der Waals surface area (Å²) in [6.07, 6.45) is 0. The first-order valence-corrected chi connectivity index (χ1v) is 10.1. The molecule has 4 aromatic rings. The van der Waals surface area contributed by atoms with Crippen LogP contribution < -0.4 is 0 Å². The summed E-state index contributed by atoms with van der Waals surface area (Å²) in [5, 5.41) is 0. The van der Waals surface area contributed by atoms with E-state index in [4.69, 9.17) is 0 Å². The molecule has 0 fully saturated rings. The maximum Gasteiger partial charge on any atom is 0.0713 e. The molecular weight excluding hydrogens is 336 g/mol. The Labute approximate surface area is 168 Å². The summed E-state index contributed by atoms with van der Waals surface area (Å²) < 4.78 is 0. The zero-order valence-corrected chi connectivity index (χ0v) is 16.8. The molecule has 5 rings (SSSR count). The number of aryl methyl sites for hydroxylation is 1. The summed E-state index contributed by atoms with van der Waals surface area (Å²) in [7, 11) is 0. The third-order valence-electron chi connectivity index (χ3n) is 5.64. The van der Waals surface area contributed by atoms with E-state index in [1.54, 1.807) is 0 Å². The van der Waals surface area contributed by atoms with Crippen molar-refractivity contribution < 1.29 is 0 Å². The Hall–Kier alpha value is -3.12. The van der Waals surface area contributed by atoms with Gasteiger partial charge in [0, 0.05) is 0 Å². The molecule has 0 N–H and O–H groups in total. The van der Waals surface area contributed by atoms with Gasteiger partial charge in [0.25, 0.3) is 0 Å². The molecule has 0 bridgehead atoms. The summed E-state index contributed by atoms with van der Waals surface area (Å²) in [6, 6.07) is 37.7. The van der Waals surface area contributed by atoms with Crippen molar-refractivity contribution in [3.63, 3.8) is 0 Å². The van der Waals surface area contributed by atoms with Crippen molar-refractivity contribution in [3.8, 4) is 11.1 Å². The van der Waals surface area contributed by atoms with Crippen LogP contribution in [0.5, 0.6) is 0 Å². The SMILES string of the molecule is CC.Cc1ccc(C2(c3ccccc3)c3ccccc3-c3ccccc32)cc1. The van der Waals surface area contributed by atoms with Crippen LogP contribution in [0.1, 0.15) is 41.7 Å². The summed E-state index contributed by atoms with van der Waals surface area (Å²) in [5.41, 5.74) is 9.10. The molecule has 0 aromatic heterocycles.